The van der Waals surface area contributed by atoms with Crippen LogP contribution in [0.1, 0.15) is 53.4 Å². The van der Waals surface area contributed by atoms with E-state index in [1.807, 2.05) is 6.92 Å². The molecule has 0 saturated heterocycles. The highest BCUT2D eigenvalue weighted by Crippen LogP contribution is 2.42. The number of nitrogens with two attached hydrogens (primary N) is 1. The van der Waals surface area contributed by atoms with Crippen molar-refractivity contribution in [3.8, 4) is 0 Å². The van der Waals surface area contributed by atoms with Gasteiger partial charge in [-0.05, 0) is 43.9 Å². The monoisotopic (exact) mass is 257 g/mol. The minimum Gasteiger partial charge on any atom is -0.379 e. The molecule has 3 nitrogen and oxygen atoms in total. The number of ether oxygens (including phenoxy) is 2. The Labute approximate surface area is 112 Å². The Kier molecular flexibility index (Phi) is 6.09. The molecular weight excluding hydrogens is 226 g/mol. The molecule has 18 heavy (non-hydrogen) atoms. The number of hydrogen-bond acceptors (Lipinski definition) is 3. The van der Waals surface area contributed by atoms with Crippen LogP contribution in [0.25, 0.3) is 0 Å². The van der Waals surface area contributed by atoms with Crippen molar-refractivity contribution in [1.29, 1.82) is 0 Å². The highest BCUT2D eigenvalue weighted by atomic mass is 16.5. The van der Waals surface area contributed by atoms with Gasteiger partial charge in [-0.15, -0.1) is 0 Å². The second-order valence-electron chi connectivity index (χ2n) is 6.57. The summed E-state index contributed by atoms with van der Waals surface area (Å²) in [6.07, 6.45) is 4.65. The summed E-state index contributed by atoms with van der Waals surface area (Å²) in [6.45, 7) is 11.8. The lowest BCUT2D eigenvalue weighted by atomic mass is 9.68. The van der Waals surface area contributed by atoms with Crippen LogP contribution in [0, 0.1) is 11.3 Å². The molecule has 0 spiro atoms. The summed E-state index contributed by atoms with van der Waals surface area (Å²) >= 11 is 0. The number of rotatable bonds is 6. The van der Waals surface area contributed by atoms with E-state index >= 15 is 0 Å². The smallest absolute Gasteiger partial charge is 0.0805 e. The molecule has 1 saturated carbocycles. The minimum atomic E-state index is -0.0845. The molecule has 3 heteroatoms. The molecule has 108 valence electrons. The minimum absolute atomic E-state index is 0.0845. The van der Waals surface area contributed by atoms with Crippen molar-refractivity contribution in [2.24, 2.45) is 17.1 Å². The van der Waals surface area contributed by atoms with Crippen LogP contribution in [0.2, 0.25) is 0 Å². The molecule has 0 radical (unpaired) electrons. The first kappa shape index (κ1) is 15.9. The van der Waals surface area contributed by atoms with Gasteiger partial charge in [0.05, 0.1) is 18.8 Å². The highest BCUT2D eigenvalue weighted by Gasteiger charge is 2.38. The first-order valence-electron chi connectivity index (χ1n) is 7.35. The van der Waals surface area contributed by atoms with Crippen molar-refractivity contribution in [3.63, 3.8) is 0 Å². The molecule has 1 fully saturated rings. The van der Waals surface area contributed by atoms with Crippen molar-refractivity contribution < 1.29 is 9.47 Å². The summed E-state index contributed by atoms with van der Waals surface area (Å²) in [5, 5.41) is 0. The average molecular weight is 257 g/mol. The standard InChI is InChI=1S/C15H31NO2/c1-5-17-10-11-18-15(12-16)8-6-13(7-9-15)14(2,3)4/h13H,5-12,16H2,1-4H3. The summed E-state index contributed by atoms with van der Waals surface area (Å²) in [4.78, 5) is 0. The van der Waals surface area contributed by atoms with Gasteiger partial charge in [0.15, 0.2) is 0 Å². The van der Waals surface area contributed by atoms with E-state index < -0.39 is 0 Å². The molecule has 0 atom stereocenters. The quantitative estimate of drug-likeness (QED) is 0.744. The van der Waals surface area contributed by atoms with Crippen LogP contribution in [0.4, 0.5) is 0 Å². The van der Waals surface area contributed by atoms with Crippen LogP contribution in [-0.2, 0) is 9.47 Å². The molecule has 0 bridgehead atoms. The van der Waals surface area contributed by atoms with Crippen LogP contribution >= 0.6 is 0 Å². The number of hydrogen-bond donors (Lipinski definition) is 1. The molecule has 0 aromatic carbocycles. The SMILES string of the molecule is CCOCCOC1(CN)CCC(C(C)(C)C)CC1. The fourth-order valence-electron chi connectivity index (χ4n) is 2.88. The van der Waals surface area contributed by atoms with Gasteiger partial charge in [0.1, 0.15) is 0 Å². The second-order valence-corrected chi connectivity index (χ2v) is 6.57. The predicted molar refractivity (Wildman–Crippen MR) is 75.6 cm³/mol. The van der Waals surface area contributed by atoms with Gasteiger partial charge in [0, 0.05) is 13.2 Å². The predicted octanol–water partition coefficient (Wildman–Crippen LogP) is 2.97. The summed E-state index contributed by atoms with van der Waals surface area (Å²) in [5.41, 5.74) is 6.27. The molecule has 2 N–H and O–H groups in total. The Hall–Kier alpha value is -0.120. The van der Waals surface area contributed by atoms with E-state index in [1.165, 1.54) is 12.8 Å². The van der Waals surface area contributed by atoms with Crippen LogP contribution in [0.5, 0.6) is 0 Å². The lowest BCUT2D eigenvalue weighted by Gasteiger charge is -2.43. The van der Waals surface area contributed by atoms with Gasteiger partial charge in [-0.3, -0.25) is 0 Å². The van der Waals surface area contributed by atoms with Gasteiger partial charge in [0.25, 0.3) is 0 Å². The van der Waals surface area contributed by atoms with E-state index in [0.29, 0.717) is 25.2 Å². The Bertz CT molecular complexity index is 227. The molecule has 1 rings (SSSR count). The zero-order valence-corrected chi connectivity index (χ0v) is 12.6. The summed E-state index contributed by atoms with van der Waals surface area (Å²) in [7, 11) is 0. The average Bonchev–Trinajstić information content (AvgIpc) is 2.34. The van der Waals surface area contributed by atoms with Crippen molar-refractivity contribution in [2.45, 2.75) is 59.0 Å². The van der Waals surface area contributed by atoms with Gasteiger partial charge in [-0.2, -0.15) is 0 Å². The first-order chi connectivity index (χ1) is 8.43. The van der Waals surface area contributed by atoms with Crippen LogP contribution in [0.15, 0.2) is 0 Å². The third kappa shape index (κ3) is 4.52. The summed E-state index contributed by atoms with van der Waals surface area (Å²) in [5.74, 6) is 0.799. The normalized spacial score (nSPS) is 29.5. The van der Waals surface area contributed by atoms with Crippen LogP contribution in [0.3, 0.4) is 0 Å². The molecular formula is C15H31NO2. The molecule has 0 aliphatic heterocycles. The Morgan fingerprint density at radius 1 is 1.17 bits per heavy atom. The first-order valence-corrected chi connectivity index (χ1v) is 7.35. The zero-order valence-electron chi connectivity index (χ0n) is 12.6. The van der Waals surface area contributed by atoms with Gasteiger partial charge in [-0.25, -0.2) is 0 Å². The fraction of sp³-hybridized carbons (Fsp3) is 1.00. The van der Waals surface area contributed by atoms with Crippen LogP contribution in [-0.4, -0.2) is 32.0 Å². The maximum atomic E-state index is 6.03. The van der Waals surface area contributed by atoms with E-state index in [9.17, 15) is 0 Å². The maximum absolute atomic E-state index is 6.03. The van der Waals surface area contributed by atoms with E-state index in [4.69, 9.17) is 15.2 Å². The van der Waals surface area contributed by atoms with E-state index in [2.05, 4.69) is 20.8 Å². The summed E-state index contributed by atoms with van der Waals surface area (Å²) < 4.78 is 11.4. The van der Waals surface area contributed by atoms with Gasteiger partial charge < -0.3 is 15.2 Å². The van der Waals surface area contributed by atoms with E-state index in [1.54, 1.807) is 0 Å². The molecule has 0 amide bonds. The second kappa shape index (κ2) is 6.88. The molecule has 0 aromatic heterocycles. The third-order valence-electron chi connectivity index (χ3n) is 4.33. The molecule has 0 aromatic rings. The van der Waals surface area contributed by atoms with Crippen LogP contribution < -0.4 is 5.73 Å². The van der Waals surface area contributed by atoms with Gasteiger partial charge >= 0.3 is 0 Å². The van der Waals surface area contributed by atoms with Gasteiger partial charge in [-0.1, -0.05) is 20.8 Å². The maximum Gasteiger partial charge on any atom is 0.0805 e. The lowest BCUT2D eigenvalue weighted by molar-refractivity contribution is -0.0942. The van der Waals surface area contributed by atoms with Crippen molar-refractivity contribution >= 4 is 0 Å². The van der Waals surface area contributed by atoms with Crippen molar-refractivity contribution in [2.75, 3.05) is 26.4 Å². The Morgan fingerprint density at radius 3 is 2.22 bits per heavy atom. The molecule has 0 unspecified atom stereocenters. The van der Waals surface area contributed by atoms with Gasteiger partial charge in [0.2, 0.25) is 0 Å². The molecule has 0 heterocycles. The van der Waals surface area contributed by atoms with E-state index in [-0.39, 0.29) is 5.60 Å². The Balaban J connectivity index is 2.40. The highest BCUT2D eigenvalue weighted by molar-refractivity contribution is 4.91. The van der Waals surface area contributed by atoms with Crippen molar-refractivity contribution in [3.05, 3.63) is 0 Å². The molecule has 1 aliphatic carbocycles. The lowest BCUT2D eigenvalue weighted by Crippen LogP contribution is -2.46. The van der Waals surface area contributed by atoms with Crippen molar-refractivity contribution in [1.82, 2.24) is 0 Å². The topological polar surface area (TPSA) is 44.5 Å². The zero-order chi connectivity index (χ0) is 13.6. The largest absolute Gasteiger partial charge is 0.379 e. The van der Waals surface area contributed by atoms with E-state index in [0.717, 1.165) is 25.4 Å². The fourth-order valence-corrected chi connectivity index (χ4v) is 2.88. The third-order valence-corrected chi connectivity index (χ3v) is 4.33. The summed E-state index contributed by atoms with van der Waals surface area (Å²) in [6, 6.07) is 0. The Morgan fingerprint density at radius 2 is 1.78 bits per heavy atom. The molecule has 1 aliphatic rings.